The molecule has 0 aromatic rings. The van der Waals surface area contributed by atoms with Gasteiger partial charge in [-0.25, -0.2) is 0 Å². The summed E-state index contributed by atoms with van der Waals surface area (Å²) in [5.74, 6) is 0.672. The van der Waals surface area contributed by atoms with Crippen molar-refractivity contribution in [2.75, 3.05) is 0 Å². The van der Waals surface area contributed by atoms with Crippen molar-refractivity contribution in [2.45, 2.75) is 106 Å². The topological polar surface area (TPSA) is 0 Å². The van der Waals surface area contributed by atoms with Gasteiger partial charge in [-0.3, -0.25) is 0 Å². The molecule has 0 heterocycles. The molecule has 0 aromatic carbocycles. The fourth-order valence-corrected chi connectivity index (χ4v) is 4.55. The fourth-order valence-electron chi connectivity index (χ4n) is 4.55. The molecule has 0 N–H and O–H groups in total. The van der Waals surface area contributed by atoms with Gasteiger partial charge in [0.1, 0.15) is 0 Å². The molecule has 0 aromatic heterocycles. The molecule has 132 valence electrons. The van der Waals surface area contributed by atoms with Gasteiger partial charge >= 0.3 is 0 Å². The van der Waals surface area contributed by atoms with Gasteiger partial charge in [0, 0.05) is 23.9 Å². The van der Waals surface area contributed by atoms with E-state index in [0.29, 0.717) is 11.3 Å². The van der Waals surface area contributed by atoms with Crippen LogP contribution in [0.3, 0.4) is 0 Å². The van der Waals surface area contributed by atoms with Gasteiger partial charge in [-0.05, 0) is 62.5 Å². The second-order valence-corrected chi connectivity index (χ2v) is 7.66. The predicted octanol–water partition coefficient (Wildman–Crippen LogP) is 7.47. The van der Waals surface area contributed by atoms with Crippen molar-refractivity contribution in [3.8, 4) is 0 Å². The average Bonchev–Trinajstić information content (AvgIpc) is 2.71. The fraction of sp³-hybridized carbons (Fsp3) is 0.818. The predicted molar refractivity (Wildman–Crippen MR) is 107 cm³/mol. The van der Waals surface area contributed by atoms with Crippen molar-refractivity contribution in [3.05, 3.63) is 22.3 Å². The minimum Gasteiger partial charge on any atom is -0.0654 e. The van der Waals surface area contributed by atoms with Gasteiger partial charge in [0.2, 0.25) is 0 Å². The number of unbranched alkanes of at least 4 members (excludes halogenated alkanes) is 3. The van der Waals surface area contributed by atoms with Gasteiger partial charge in [0.05, 0.1) is 0 Å². The Labute approximate surface area is 163 Å². The molecule has 1 atom stereocenters. The van der Waals surface area contributed by atoms with Crippen molar-refractivity contribution in [1.29, 1.82) is 0 Å². The molecule has 0 nitrogen and oxygen atoms in total. The largest absolute Gasteiger partial charge is 0.0654 e. The van der Waals surface area contributed by atoms with E-state index in [9.17, 15) is 0 Å². The molecule has 0 saturated carbocycles. The van der Waals surface area contributed by atoms with Crippen molar-refractivity contribution < 1.29 is 0 Å². The van der Waals surface area contributed by atoms with Gasteiger partial charge < -0.3 is 0 Å². The summed E-state index contributed by atoms with van der Waals surface area (Å²) >= 11 is 0. The first-order chi connectivity index (χ1) is 10.4. The minimum absolute atomic E-state index is 0. The Morgan fingerprint density at radius 3 is 1.39 bits per heavy atom. The van der Waals surface area contributed by atoms with Crippen LogP contribution in [0.4, 0.5) is 0 Å². The summed E-state index contributed by atoms with van der Waals surface area (Å²) in [4.78, 5) is 0. The van der Waals surface area contributed by atoms with Crippen molar-refractivity contribution in [1.82, 2.24) is 0 Å². The molecule has 1 aliphatic rings. The molecule has 1 unspecified atom stereocenters. The van der Waals surface area contributed by atoms with Crippen molar-refractivity contribution in [2.24, 2.45) is 11.3 Å². The maximum atomic E-state index is 2.46. The van der Waals surface area contributed by atoms with E-state index in [1.165, 1.54) is 57.8 Å². The summed E-state index contributed by atoms with van der Waals surface area (Å²) in [5.41, 5.74) is 7.13. The van der Waals surface area contributed by atoms with Crippen molar-refractivity contribution in [3.63, 3.8) is 0 Å². The van der Waals surface area contributed by atoms with E-state index in [2.05, 4.69) is 48.5 Å². The molecule has 0 bridgehead atoms. The average molecular weight is 423 g/mol. The summed E-state index contributed by atoms with van der Waals surface area (Å²) in [5, 5.41) is 0. The second kappa shape index (κ2) is 11.0. The number of hydrogen-bond donors (Lipinski definition) is 0. The zero-order chi connectivity index (χ0) is 16.8. The first-order valence-corrected chi connectivity index (χ1v) is 9.84. The van der Waals surface area contributed by atoms with Crippen LogP contribution in [0.25, 0.3) is 0 Å². The monoisotopic (exact) mass is 424 g/mol. The molecule has 0 aliphatic heterocycles. The Morgan fingerprint density at radius 1 is 0.739 bits per heavy atom. The third-order valence-electron chi connectivity index (χ3n) is 6.24. The van der Waals surface area contributed by atoms with Crippen LogP contribution in [-0.2, 0) is 0 Å². The molecular formula is C22H40Sn. The maximum absolute atomic E-state index is 2.46. The summed E-state index contributed by atoms with van der Waals surface area (Å²) in [7, 11) is 0. The molecule has 1 heteroatoms. The summed E-state index contributed by atoms with van der Waals surface area (Å²) in [6, 6.07) is 0. The van der Waals surface area contributed by atoms with E-state index in [1.807, 2.05) is 5.57 Å². The Morgan fingerprint density at radius 2 is 1.13 bits per heavy atom. The van der Waals surface area contributed by atoms with E-state index in [-0.39, 0.29) is 23.9 Å². The summed E-state index contributed by atoms with van der Waals surface area (Å²) in [6.45, 7) is 16.6. The van der Waals surface area contributed by atoms with E-state index < -0.39 is 0 Å². The van der Waals surface area contributed by atoms with Gasteiger partial charge in [-0.1, -0.05) is 77.4 Å². The Balaban J connectivity index is 0.00000484. The first kappa shape index (κ1) is 23.3. The van der Waals surface area contributed by atoms with Crippen LogP contribution < -0.4 is 0 Å². The Bertz CT molecular complexity index is 392. The smallest absolute Gasteiger partial charge is 0 e. The SMILES string of the molecule is CCCCC(CCCC)(CCCC)C1=C(C)C(C)=C(C)C1C.[Sn]. The van der Waals surface area contributed by atoms with Gasteiger partial charge in [0.25, 0.3) is 0 Å². The number of rotatable bonds is 10. The third-order valence-corrected chi connectivity index (χ3v) is 6.24. The maximum Gasteiger partial charge on any atom is 0 e. The quantitative estimate of drug-likeness (QED) is 0.320. The molecule has 0 spiro atoms. The standard InChI is InChI=1S/C22H40.Sn/c1-8-11-14-22(15-12-9-2,16-13-10-3)21-19(6)17(4)18(5)20(21)7;/h19H,8-16H2,1-7H3;. The zero-order valence-electron chi connectivity index (χ0n) is 16.9. The molecule has 1 rings (SSSR count). The van der Waals surface area contributed by atoms with Crippen LogP contribution in [-0.4, -0.2) is 23.9 Å². The summed E-state index contributed by atoms with van der Waals surface area (Å²) < 4.78 is 0. The van der Waals surface area contributed by atoms with Gasteiger partial charge in [-0.15, -0.1) is 0 Å². The number of hydrogen-bond acceptors (Lipinski definition) is 0. The summed E-state index contributed by atoms with van der Waals surface area (Å²) in [6.07, 6.45) is 12.3. The normalized spacial score (nSPS) is 18.7. The molecule has 0 fully saturated rings. The second-order valence-electron chi connectivity index (χ2n) is 7.66. The molecule has 23 heavy (non-hydrogen) atoms. The van der Waals surface area contributed by atoms with Gasteiger partial charge in [-0.2, -0.15) is 0 Å². The van der Waals surface area contributed by atoms with Crippen molar-refractivity contribution >= 4 is 23.9 Å². The molecule has 4 radical (unpaired) electrons. The molecule has 1 aliphatic carbocycles. The van der Waals surface area contributed by atoms with Crippen LogP contribution in [0.1, 0.15) is 106 Å². The first-order valence-electron chi connectivity index (χ1n) is 9.84. The molecule has 0 amide bonds. The molecule has 0 saturated heterocycles. The van der Waals surface area contributed by atoms with Gasteiger partial charge in [0.15, 0.2) is 0 Å². The van der Waals surface area contributed by atoms with E-state index in [4.69, 9.17) is 0 Å². The third kappa shape index (κ3) is 5.38. The van der Waals surface area contributed by atoms with E-state index >= 15 is 0 Å². The van der Waals surface area contributed by atoms with Crippen LogP contribution >= 0.6 is 0 Å². The Kier molecular flexibility index (Phi) is 11.1. The van der Waals surface area contributed by atoms with Crippen LogP contribution in [0.5, 0.6) is 0 Å². The van der Waals surface area contributed by atoms with Crippen LogP contribution in [0.2, 0.25) is 0 Å². The number of allylic oxidation sites excluding steroid dienone is 4. The Hall–Kier alpha value is 0.279. The van der Waals surface area contributed by atoms with E-state index in [1.54, 1.807) is 16.7 Å². The molecular weight excluding hydrogens is 383 g/mol. The minimum atomic E-state index is 0. The van der Waals surface area contributed by atoms with E-state index in [0.717, 1.165) is 0 Å². The van der Waals surface area contributed by atoms with Crippen LogP contribution in [0, 0.1) is 11.3 Å². The zero-order valence-corrected chi connectivity index (χ0v) is 19.8. The van der Waals surface area contributed by atoms with Crippen LogP contribution in [0.15, 0.2) is 22.3 Å².